The summed E-state index contributed by atoms with van der Waals surface area (Å²) >= 11 is 0. The molecule has 0 aliphatic heterocycles. The summed E-state index contributed by atoms with van der Waals surface area (Å²) in [5, 5.41) is 15.3. The number of carbonyl (C=O) groups excluding carboxylic acids is 2. The topological polar surface area (TPSA) is 95.5 Å². The van der Waals surface area contributed by atoms with Gasteiger partial charge in [0.2, 0.25) is 11.8 Å². The first-order valence-electron chi connectivity index (χ1n) is 9.93. The minimum atomic E-state index is -1.06. The van der Waals surface area contributed by atoms with E-state index in [0.29, 0.717) is 18.4 Å². The summed E-state index contributed by atoms with van der Waals surface area (Å²) in [7, 11) is 0. The zero-order chi connectivity index (χ0) is 19.2. The molecule has 6 heteroatoms. The highest BCUT2D eigenvalue weighted by molar-refractivity contribution is 5.86. The molecule has 1 aromatic carbocycles. The minimum Gasteiger partial charge on any atom is -0.479 e. The van der Waals surface area contributed by atoms with Crippen molar-refractivity contribution < 1.29 is 19.5 Å². The third-order valence-electron chi connectivity index (χ3n) is 5.84. The maximum Gasteiger partial charge on any atom is 0.330 e. The predicted molar refractivity (Wildman–Crippen MR) is 101 cm³/mol. The highest BCUT2D eigenvalue weighted by atomic mass is 16.4. The van der Waals surface area contributed by atoms with E-state index in [0.717, 1.165) is 38.5 Å². The summed E-state index contributed by atoms with van der Waals surface area (Å²) < 4.78 is 0. The Labute approximate surface area is 159 Å². The number of carboxylic acid groups (broad SMARTS) is 1. The Morgan fingerprint density at radius 1 is 0.852 bits per heavy atom. The number of carboxylic acids is 1. The van der Waals surface area contributed by atoms with Gasteiger partial charge in [0.15, 0.2) is 6.04 Å². The molecule has 2 fully saturated rings. The van der Waals surface area contributed by atoms with Crippen molar-refractivity contribution in [3.8, 4) is 0 Å². The summed E-state index contributed by atoms with van der Waals surface area (Å²) in [6.07, 6.45) is 7.11. The van der Waals surface area contributed by atoms with Gasteiger partial charge in [-0.1, -0.05) is 43.2 Å². The zero-order valence-corrected chi connectivity index (χ0v) is 15.5. The second kappa shape index (κ2) is 9.02. The van der Waals surface area contributed by atoms with Crippen LogP contribution in [0.5, 0.6) is 0 Å². The first kappa shape index (κ1) is 19.4. The molecule has 0 aromatic heterocycles. The molecule has 27 heavy (non-hydrogen) atoms. The van der Waals surface area contributed by atoms with Crippen LogP contribution in [-0.4, -0.2) is 28.9 Å². The molecule has 2 aliphatic carbocycles. The molecule has 0 bridgehead atoms. The van der Waals surface area contributed by atoms with Crippen molar-refractivity contribution in [1.29, 1.82) is 0 Å². The molecule has 0 spiro atoms. The highest BCUT2D eigenvalue weighted by Crippen LogP contribution is 2.28. The number of hydrogen-bond acceptors (Lipinski definition) is 3. The number of aliphatic carboxylic acids is 1. The molecule has 3 rings (SSSR count). The van der Waals surface area contributed by atoms with Crippen LogP contribution in [0.2, 0.25) is 0 Å². The van der Waals surface area contributed by atoms with E-state index in [1.807, 2.05) is 6.07 Å². The fraction of sp³-hybridized carbons (Fsp3) is 0.571. The quantitative estimate of drug-likeness (QED) is 0.715. The molecule has 0 saturated heterocycles. The van der Waals surface area contributed by atoms with Gasteiger partial charge in [-0.15, -0.1) is 0 Å². The fourth-order valence-electron chi connectivity index (χ4n) is 4.20. The second-order valence-electron chi connectivity index (χ2n) is 7.73. The van der Waals surface area contributed by atoms with Crippen LogP contribution in [0.4, 0.5) is 0 Å². The van der Waals surface area contributed by atoms with Crippen molar-refractivity contribution in [3.63, 3.8) is 0 Å². The van der Waals surface area contributed by atoms with Gasteiger partial charge in [-0.2, -0.15) is 0 Å². The first-order valence-corrected chi connectivity index (χ1v) is 9.93. The van der Waals surface area contributed by atoms with Crippen molar-refractivity contribution in [2.75, 3.05) is 0 Å². The molecule has 6 nitrogen and oxygen atoms in total. The van der Waals surface area contributed by atoms with E-state index in [2.05, 4.69) is 10.6 Å². The lowest BCUT2D eigenvalue weighted by molar-refractivity contribution is -0.143. The SMILES string of the molecule is O=C(NC1CCC(C(=O)N[C@H](C(=O)O)c2ccccc2)CC1)C1CCCC1. The Hall–Kier alpha value is -2.37. The summed E-state index contributed by atoms with van der Waals surface area (Å²) in [6.45, 7) is 0. The van der Waals surface area contributed by atoms with Crippen LogP contribution >= 0.6 is 0 Å². The molecule has 0 radical (unpaired) electrons. The monoisotopic (exact) mass is 372 g/mol. The molecular weight excluding hydrogens is 344 g/mol. The van der Waals surface area contributed by atoms with Gasteiger partial charge in [0, 0.05) is 17.9 Å². The lowest BCUT2D eigenvalue weighted by Gasteiger charge is -2.30. The van der Waals surface area contributed by atoms with Crippen molar-refractivity contribution in [2.24, 2.45) is 11.8 Å². The summed E-state index contributed by atoms with van der Waals surface area (Å²) in [5.41, 5.74) is 0.566. The number of amides is 2. The van der Waals surface area contributed by atoms with E-state index in [1.54, 1.807) is 24.3 Å². The Balaban J connectivity index is 1.49. The largest absolute Gasteiger partial charge is 0.479 e. The molecule has 3 N–H and O–H groups in total. The maximum atomic E-state index is 12.6. The first-order chi connectivity index (χ1) is 13.0. The Morgan fingerprint density at radius 3 is 2.04 bits per heavy atom. The van der Waals surface area contributed by atoms with E-state index in [1.165, 1.54) is 0 Å². The molecule has 1 aromatic rings. The molecule has 2 amide bonds. The van der Waals surface area contributed by atoms with Crippen LogP contribution in [0.3, 0.4) is 0 Å². The lowest BCUT2D eigenvalue weighted by Crippen LogP contribution is -2.43. The Bertz CT molecular complexity index is 662. The third kappa shape index (κ3) is 5.08. The third-order valence-corrected chi connectivity index (χ3v) is 5.84. The summed E-state index contributed by atoms with van der Waals surface area (Å²) in [6, 6.07) is 7.84. The van der Waals surface area contributed by atoms with Gasteiger partial charge >= 0.3 is 5.97 Å². The second-order valence-corrected chi connectivity index (χ2v) is 7.73. The molecule has 1 atom stereocenters. The summed E-state index contributed by atoms with van der Waals surface area (Å²) in [5.74, 6) is -1.15. The Morgan fingerprint density at radius 2 is 1.44 bits per heavy atom. The zero-order valence-electron chi connectivity index (χ0n) is 15.5. The lowest BCUT2D eigenvalue weighted by atomic mass is 9.85. The predicted octanol–water partition coefficient (Wildman–Crippen LogP) is 2.79. The van der Waals surface area contributed by atoms with Crippen LogP contribution in [-0.2, 0) is 14.4 Å². The average Bonchev–Trinajstić information content (AvgIpc) is 3.22. The van der Waals surface area contributed by atoms with Crippen molar-refractivity contribution in [2.45, 2.75) is 63.5 Å². The van der Waals surface area contributed by atoms with Gasteiger partial charge < -0.3 is 15.7 Å². The number of benzene rings is 1. The van der Waals surface area contributed by atoms with Crippen LogP contribution in [0.1, 0.15) is 63.0 Å². The van der Waals surface area contributed by atoms with E-state index >= 15 is 0 Å². The van der Waals surface area contributed by atoms with E-state index < -0.39 is 12.0 Å². The molecule has 146 valence electrons. The van der Waals surface area contributed by atoms with Crippen LogP contribution in [0.25, 0.3) is 0 Å². The highest BCUT2D eigenvalue weighted by Gasteiger charge is 2.31. The minimum absolute atomic E-state index is 0.131. The van der Waals surface area contributed by atoms with Gasteiger partial charge in [-0.05, 0) is 44.1 Å². The standard InChI is InChI=1S/C21H28N2O4/c24-19(15-8-4-5-9-15)22-17-12-10-16(11-13-17)20(25)23-18(21(26)27)14-6-2-1-3-7-14/h1-3,6-7,15-18H,4-5,8-13H2,(H,22,24)(H,23,25)(H,26,27)/t16?,17?,18-/m0/s1. The number of nitrogens with one attached hydrogen (secondary N) is 2. The van der Waals surface area contributed by atoms with Crippen LogP contribution < -0.4 is 10.6 Å². The van der Waals surface area contributed by atoms with Gasteiger partial charge in [-0.3, -0.25) is 9.59 Å². The maximum absolute atomic E-state index is 12.6. The van der Waals surface area contributed by atoms with E-state index in [-0.39, 0.29) is 29.7 Å². The molecule has 2 saturated carbocycles. The summed E-state index contributed by atoms with van der Waals surface area (Å²) in [4.78, 5) is 36.4. The van der Waals surface area contributed by atoms with Crippen LogP contribution in [0.15, 0.2) is 30.3 Å². The Kier molecular flexibility index (Phi) is 6.48. The molecule has 0 heterocycles. The van der Waals surface area contributed by atoms with E-state index in [9.17, 15) is 19.5 Å². The average molecular weight is 372 g/mol. The van der Waals surface area contributed by atoms with Gasteiger partial charge in [0.05, 0.1) is 0 Å². The molecular formula is C21H28N2O4. The van der Waals surface area contributed by atoms with E-state index in [4.69, 9.17) is 0 Å². The number of hydrogen-bond donors (Lipinski definition) is 3. The number of rotatable bonds is 6. The molecule has 2 aliphatic rings. The molecule has 0 unspecified atom stereocenters. The van der Waals surface area contributed by atoms with Crippen molar-refractivity contribution in [1.82, 2.24) is 10.6 Å². The van der Waals surface area contributed by atoms with Crippen molar-refractivity contribution >= 4 is 17.8 Å². The van der Waals surface area contributed by atoms with Gasteiger partial charge in [0.25, 0.3) is 0 Å². The van der Waals surface area contributed by atoms with Gasteiger partial charge in [-0.25, -0.2) is 4.79 Å². The normalized spacial score (nSPS) is 24.1. The van der Waals surface area contributed by atoms with Crippen molar-refractivity contribution in [3.05, 3.63) is 35.9 Å². The number of carbonyl (C=O) groups is 3. The van der Waals surface area contributed by atoms with Gasteiger partial charge in [0.1, 0.15) is 0 Å². The van der Waals surface area contributed by atoms with Crippen LogP contribution in [0, 0.1) is 11.8 Å². The smallest absolute Gasteiger partial charge is 0.330 e. The fourth-order valence-corrected chi connectivity index (χ4v) is 4.20.